The molecule has 1 aliphatic heterocycles. The average Bonchev–Trinajstić information content (AvgIpc) is 3.06. The summed E-state index contributed by atoms with van der Waals surface area (Å²) < 4.78 is 2.11. The minimum atomic E-state index is 0.471. The minimum absolute atomic E-state index is 0.471. The predicted molar refractivity (Wildman–Crippen MR) is 120 cm³/mol. The maximum Gasteiger partial charge on any atom is 0.142 e. The van der Waals surface area contributed by atoms with Crippen LogP contribution < -0.4 is 4.90 Å². The van der Waals surface area contributed by atoms with E-state index in [0.717, 1.165) is 41.3 Å². The molecule has 2 aromatic heterocycles. The molecule has 1 aromatic carbocycles. The number of piperidine rings is 1. The molecule has 0 bridgehead atoms. The Balaban J connectivity index is 1.43. The first-order chi connectivity index (χ1) is 14.0. The van der Waals surface area contributed by atoms with Crippen molar-refractivity contribution in [3.05, 3.63) is 53.7 Å². The highest BCUT2D eigenvalue weighted by molar-refractivity contribution is 6.33. The molecule has 0 N–H and O–H groups in total. The van der Waals surface area contributed by atoms with E-state index in [1.807, 2.05) is 25.2 Å². The van der Waals surface area contributed by atoms with Gasteiger partial charge < -0.3 is 9.47 Å². The number of anilines is 1. The third-order valence-electron chi connectivity index (χ3n) is 6.88. The summed E-state index contributed by atoms with van der Waals surface area (Å²) in [5.74, 6) is 1.89. The van der Waals surface area contributed by atoms with Crippen LogP contribution >= 0.6 is 11.6 Å². The lowest BCUT2D eigenvalue weighted by molar-refractivity contribution is 0.173. The highest BCUT2D eigenvalue weighted by atomic mass is 35.5. The third kappa shape index (κ3) is 3.33. The molecule has 1 spiro atoms. The molecule has 0 radical (unpaired) electrons. The molecular weight excluding hydrogens is 380 g/mol. The number of rotatable bonds is 2. The van der Waals surface area contributed by atoms with E-state index >= 15 is 0 Å². The van der Waals surface area contributed by atoms with Crippen molar-refractivity contribution in [1.29, 1.82) is 0 Å². The Morgan fingerprint density at radius 1 is 1.14 bits per heavy atom. The van der Waals surface area contributed by atoms with E-state index in [1.54, 1.807) is 6.20 Å². The van der Waals surface area contributed by atoms with Crippen LogP contribution in [-0.2, 0) is 7.05 Å². The molecule has 4 nitrogen and oxygen atoms in total. The Morgan fingerprint density at radius 3 is 2.69 bits per heavy atom. The molecule has 2 aliphatic rings. The van der Waals surface area contributed by atoms with Gasteiger partial charge in [0, 0.05) is 31.9 Å². The van der Waals surface area contributed by atoms with E-state index in [2.05, 4.69) is 33.2 Å². The lowest BCUT2D eigenvalue weighted by Crippen LogP contribution is -2.41. The van der Waals surface area contributed by atoms with E-state index in [0.29, 0.717) is 10.4 Å². The van der Waals surface area contributed by atoms with Crippen LogP contribution in [0.3, 0.4) is 0 Å². The van der Waals surface area contributed by atoms with Gasteiger partial charge in [0.25, 0.3) is 0 Å². The van der Waals surface area contributed by atoms with E-state index in [9.17, 15) is 0 Å². The van der Waals surface area contributed by atoms with Crippen LogP contribution in [0.4, 0.5) is 5.82 Å². The number of aromatic nitrogens is 3. The van der Waals surface area contributed by atoms with Gasteiger partial charge in [-0.05, 0) is 62.1 Å². The Morgan fingerprint density at radius 2 is 1.93 bits per heavy atom. The lowest BCUT2D eigenvalue weighted by atomic mass is 9.67. The number of hydrogen-bond donors (Lipinski definition) is 0. The topological polar surface area (TPSA) is 34.0 Å². The SMILES string of the molecule is C=C1CCCC2(CCN(c3cc(-c4nc5ccccc5n4C)c(Cl)cn3)CC2)C1. The number of fused-ring (bicyclic) bond motifs is 1. The van der Waals surface area contributed by atoms with Crippen LogP contribution in [0.25, 0.3) is 22.4 Å². The summed E-state index contributed by atoms with van der Waals surface area (Å²) in [6.45, 7) is 6.36. The molecule has 2 fully saturated rings. The second-order valence-corrected chi connectivity index (χ2v) is 9.18. The number of hydrogen-bond acceptors (Lipinski definition) is 3. The summed E-state index contributed by atoms with van der Waals surface area (Å²) in [4.78, 5) is 11.9. The Bertz CT molecular complexity index is 1080. The van der Waals surface area contributed by atoms with Crippen LogP contribution in [0.15, 0.2) is 48.7 Å². The number of aryl methyl sites for hydroxylation is 1. The van der Waals surface area contributed by atoms with E-state index in [4.69, 9.17) is 16.6 Å². The fourth-order valence-corrected chi connectivity index (χ4v) is 5.40. The monoisotopic (exact) mass is 406 g/mol. The molecule has 0 amide bonds. The Kier molecular flexibility index (Phi) is 4.62. The summed E-state index contributed by atoms with van der Waals surface area (Å²) in [5.41, 5.74) is 4.95. The van der Waals surface area contributed by atoms with Gasteiger partial charge in [0.2, 0.25) is 0 Å². The molecule has 1 saturated carbocycles. The summed E-state index contributed by atoms with van der Waals surface area (Å²) >= 11 is 6.56. The molecule has 5 rings (SSSR count). The van der Waals surface area contributed by atoms with Crippen molar-refractivity contribution in [2.75, 3.05) is 18.0 Å². The molecule has 1 saturated heterocycles. The van der Waals surface area contributed by atoms with Crippen molar-refractivity contribution >= 4 is 28.5 Å². The largest absolute Gasteiger partial charge is 0.357 e. The molecule has 29 heavy (non-hydrogen) atoms. The van der Waals surface area contributed by atoms with Gasteiger partial charge in [-0.3, -0.25) is 0 Å². The summed E-state index contributed by atoms with van der Waals surface area (Å²) in [6.07, 6.45) is 9.29. The van der Waals surface area contributed by atoms with Crippen molar-refractivity contribution in [2.24, 2.45) is 12.5 Å². The van der Waals surface area contributed by atoms with Crippen LogP contribution in [-0.4, -0.2) is 27.6 Å². The first kappa shape index (κ1) is 18.7. The van der Waals surface area contributed by atoms with Gasteiger partial charge in [-0.15, -0.1) is 0 Å². The van der Waals surface area contributed by atoms with Crippen molar-refractivity contribution in [2.45, 2.75) is 38.5 Å². The minimum Gasteiger partial charge on any atom is -0.357 e. The maximum absolute atomic E-state index is 6.56. The normalized spacial score (nSPS) is 19.2. The maximum atomic E-state index is 6.56. The number of para-hydroxylation sites is 2. The summed E-state index contributed by atoms with van der Waals surface area (Å²) in [7, 11) is 2.04. The summed E-state index contributed by atoms with van der Waals surface area (Å²) in [5, 5.41) is 0.643. The van der Waals surface area contributed by atoms with Gasteiger partial charge in [0.05, 0.1) is 16.1 Å². The Labute approximate surface area is 177 Å². The zero-order chi connectivity index (χ0) is 20.0. The van der Waals surface area contributed by atoms with Crippen molar-refractivity contribution < 1.29 is 0 Å². The van der Waals surface area contributed by atoms with Gasteiger partial charge in [-0.1, -0.05) is 35.9 Å². The quantitative estimate of drug-likeness (QED) is 0.489. The van der Waals surface area contributed by atoms with E-state index in [1.165, 1.54) is 44.1 Å². The standard InChI is InChI=1S/C24H27ClN4/c1-17-6-5-9-24(15-17)10-12-29(13-11-24)22-14-18(19(25)16-26-22)23-27-20-7-3-4-8-21(20)28(23)2/h3-4,7-8,14,16H,1,5-6,9-13,15H2,2H3. The molecular formula is C24H27ClN4. The second-order valence-electron chi connectivity index (χ2n) is 8.77. The number of pyridine rings is 1. The number of imidazole rings is 1. The Hall–Kier alpha value is -2.33. The van der Waals surface area contributed by atoms with Crippen LogP contribution in [0.5, 0.6) is 0 Å². The molecule has 3 heterocycles. The second kappa shape index (κ2) is 7.17. The highest BCUT2D eigenvalue weighted by Gasteiger charge is 2.37. The van der Waals surface area contributed by atoms with Crippen LogP contribution in [0.1, 0.15) is 38.5 Å². The fourth-order valence-electron chi connectivity index (χ4n) is 5.22. The number of nitrogens with zero attached hydrogens (tertiary/aromatic N) is 4. The summed E-state index contributed by atoms with van der Waals surface area (Å²) in [6, 6.07) is 10.3. The van der Waals surface area contributed by atoms with Crippen LogP contribution in [0, 0.1) is 5.41 Å². The zero-order valence-electron chi connectivity index (χ0n) is 17.0. The van der Waals surface area contributed by atoms with Crippen LogP contribution in [0.2, 0.25) is 5.02 Å². The van der Waals surface area contributed by atoms with Gasteiger partial charge in [0.1, 0.15) is 11.6 Å². The third-order valence-corrected chi connectivity index (χ3v) is 7.18. The first-order valence-corrected chi connectivity index (χ1v) is 10.9. The molecule has 1 aliphatic carbocycles. The predicted octanol–water partition coefficient (Wildman–Crippen LogP) is 6.01. The molecule has 150 valence electrons. The van der Waals surface area contributed by atoms with Crippen molar-refractivity contribution in [3.8, 4) is 11.4 Å². The molecule has 5 heteroatoms. The number of allylic oxidation sites excluding steroid dienone is 1. The highest BCUT2D eigenvalue weighted by Crippen LogP contribution is 2.46. The first-order valence-electron chi connectivity index (χ1n) is 10.5. The van der Waals surface area contributed by atoms with Crippen molar-refractivity contribution in [3.63, 3.8) is 0 Å². The number of benzene rings is 1. The van der Waals surface area contributed by atoms with Gasteiger partial charge in [-0.25, -0.2) is 9.97 Å². The smallest absolute Gasteiger partial charge is 0.142 e. The van der Waals surface area contributed by atoms with E-state index in [-0.39, 0.29) is 0 Å². The number of halogens is 1. The zero-order valence-corrected chi connectivity index (χ0v) is 17.8. The van der Waals surface area contributed by atoms with Gasteiger partial charge in [0.15, 0.2) is 0 Å². The fraction of sp³-hybridized carbons (Fsp3) is 0.417. The van der Waals surface area contributed by atoms with Crippen molar-refractivity contribution in [1.82, 2.24) is 14.5 Å². The van der Waals surface area contributed by atoms with E-state index < -0.39 is 0 Å². The average molecular weight is 407 g/mol. The molecule has 0 unspecified atom stereocenters. The molecule has 0 atom stereocenters. The molecule has 3 aromatic rings. The lowest BCUT2D eigenvalue weighted by Gasteiger charge is -2.45. The van der Waals surface area contributed by atoms with Gasteiger partial charge >= 0.3 is 0 Å². The van der Waals surface area contributed by atoms with Gasteiger partial charge in [-0.2, -0.15) is 0 Å².